The number of benzene rings is 2. The van der Waals surface area contributed by atoms with Crippen molar-refractivity contribution in [2.45, 2.75) is 0 Å². The largest absolute Gasteiger partial charge is 0.504 e. The van der Waals surface area contributed by atoms with E-state index in [1.54, 1.807) is 0 Å². The maximum Gasteiger partial charge on any atom is 0.176 e. The van der Waals surface area contributed by atoms with Crippen molar-refractivity contribution in [1.29, 1.82) is 0 Å². The summed E-state index contributed by atoms with van der Waals surface area (Å²) in [7, 11) is 0. The van der Waals surface area contributed by atoms with Crippen molar-refractivity contribution in [2.24, 2.45) is 0 Å². The summed E-state index contributed by atoms with van der Waals surface area (Å²) in [6.45, 7) is 2.84. The van der Waals surface area contributed by atoms with Crippen LogP contribution in [0.25, 0.3) is 0 Å². The number of aromatic hydroxyl groups is 4. The average Bonchev–Trinajstić information content (AvgIpc) is 2.67. The maximum absolute atomic E-state index is 12.3. The summed E-state index contributed by atoms with van der Waals surface area (Å²) in [5.74, 6) is -1.49. The van der Waals surface area contributed by atoms with Crippen LogP contribution >= 0.6 is 0 Å². The number of hydrogen-bond donors (Lipinski definition) is 4. The van der Waals surface area contributed by atoms with Gasteiger partial charge < -0.3 is 20.4 Å². The fourth-order valence-corrected chi connectivity index (χ4v) is 3.09. The number of rotatable bonds is 6. The topological polar surface area (TPSA) is 122 Å². The quantitative estimate of drug-likeness (QED) is 0.432. The lowest BCUT2D eigenvalue weighted by atomic mass is 10.1. The number of nitrogens with zero attached hydrogens (tertiary/aromatic N) is 2. The second-order valence-corrected chi connectivity index (χ2v) is 6.81. The zero-order valence-electron chi connectivity index (χ0n) is 15.2. The predicted molar refractivity (Wildman–Crippen MR) is 101 cm³/mol. The minimum Gasteiger partial charge on any atom is -0.504 e. The van der Waals surface area contributed by atoms with Crippen molar-refractivity contribution in [3.05, 3.63) is 47.5 Å². The molecule has 1 aliphatic heterocycles. The lowest BCUT2D eigenvalue weighted by molar-refractivity contribution is 0.0782. The van der Waals surface area contributed by atoms with Gasteiger partial charge in [-0.15, -0.1) is 0 Å². The van der Waals surface area contributed by atoms with Crippen LogP contribution in [0.5, 0.6) is 23.0 Å². The molecular weight excluding hydrogens is 364 g/mol. The van der Waals surface area contributed by atoms with Gasteiger partial charge in [-0.3, -0.25) is 19.4 Å². The van der Waals surface area contributed by atoms with Crippen LogP contribution in [0.15, 0.2) is 36.4 Å². The third-order valence-corrected chi connectivity index (χ3v) is 4.79. The van der Waals surface area contributed by atoms with E-state index in [4.69, 9.17) is 0 Å². The molecule has 1 aliphatic rings. The summed E-state index contributed by atoms with van der Waals surface area (Å²) in [5.41, 5.74) is 0.667. The molecule has 2 aromatic rings. The van der Waals surface area contributed by atoms with Crippen LogP contribution in [0.1, 0.15) is 20.7 Å². The first-order chi connectivity index (χ1) is 13.3. The lowest BCUT2D eigenvalue weighted by Crippen LogP contribution is -2.49. The zero-order valence-corrected chi connectivity index (χ0v) is 15.2. The highest BCUT2D eigenvalue weighted by Gasteiger charge is 2.22. The summed E-state index contributed by atoms with van der Waals surface area (Å²) in [5, 5.41) is 37.7. The predicted octanol–water partition coefficient (Wildman–Crippen LogP) is 1.19. The highest BCUT2D eigenvalue weighted by atomic mass is 16.3. The van der Waals surface area contributed by atoms with Gasteiger partial charge in [0.2, 0.25) is 0 Å². The Bertz CT molecular complexity index is 817. The number of piperazine rings is 1. The summed E-state index contributed by atoms with van der Waals surface area (Å²) in [6, 6.07) is 8.01. The van der Waals surface area contributed by atoms with Crippen molar-refractivity contribution >= 4 is 11.6 Å². The smallest absolute Gasteiger partial charge is 0.176 e. The van der Waals surface area contributed by atoms with Crippen LogP contribution < -0.4 is 0 Å². The van der Waals surface area contributed by atoms with Crippen LogP contribution in [0.4, 0.5) is 0 Å². The summed E-state index contributed by atoms with van der Waals surface area (Å²) < 4.78 is 0. The van der Waals surface area contributed by atoms with Gasteiger partial charge in [0.15, 0.2) is 34.6 Å². The van der Waals surface area contributed by atoms with Crippen molar-refractivity contribution in [3.63, 3.8) is 0 Å². The molecule has 1 saturated heterocycles. The molecule has 4 N–H and O–H groups in total. The standard InChI is InChI=1S/C20H22N2O6/c23-15-3-1-13(9-17(15)25)19(27)11-21-5-7-22(8-6-21)12-20(28)14-2-4-16(24)18(26)10-14/h1-4,9-10,23-26H,5-8,11-12H2. The first-order valence-electron chi connectivity index (χ1n) is 8.88. The molecule has 148 valence electrons. The Balaban J connectivity index is 1.50. The van der Waals surface area contributed by atoms with Gasteiger partial charge in [-0.25, -0.2) is 0 Å². The van der Waals surface area contributed by atoms with E-state index in [2.05, 4.69) is 0 Å². The van der Waals surface area contributed by atoms with E-state index >= 15 is 0 Å². The molecule has 28 heavy (non-hydrogen) atoms. The minimum atomic E-state index is -0.325. The molecule has 0 radical (unpaired) electrons. The Morgan fingerprint density at radius 1 is 0.643 bits per heavy atom. The normalized spacial score (nSPS) is 15.4. The van der Waals surface area contributed by atoms with Crippen LogP contribution in [0.2, 0.25) is 0 Å². The maximum atomic E-state index is 12.3. The van der Waals surface area contributed by atoms with E-state index < -0.39 is 0 Å². The van der Waals surface area contributed by atoms with E-state index in [1.165, 1.54) is 36.4 Å². The minimum absolute atomic E-state index is 0.153. The second-order valence-electron chi connectivity index (χ2n) is 6.81. The molecule has 2 aromatic carbocycles. The molecule has 3 rings (SSSR count). The number of phenols is 4. The Hall–Kier alpha value is -3.10. The Kier molecular flexibility index (Phi) is 5.81. The van der Waals surface area contributed by atoms with Crippen molar-refractivity contribution in [2.75, 3.05) is 39.3 Å². The third kappa shape index (κ3) is 4.59. The Morgan fingerprint density at radius 2 is 1.00 bits per heavy atom. The fourth-order valence-electron chi connectivity index (χ4n) is 3.09. The molecular formula is C20H22N2O6. The van der Waals surface area contributed by atoms with Crippen LogP contribution in [-0.2, 0) is 0 Å². The summed E-state index contributed by atoms with van der Waals surface area (Å²) in [6.07, 6.45) is 0. The summed E-state index contributed by atoms with van der Waals surface area (Å²) in [4.78, 5) is 28.6. The average molecular weight is 386 g/mol. The van der Waals surface area contributed by atoms with Gasteiger partial charge in [0.05, 0.1) is 13.1 Å². The zero-order chi connectivity index (χ0) is 20.3. The van der Waals surface area contributed by atoms with Crippen LogP contribution in [0, 0.1) is 0 Å². The van der Waals surface area contributed by atoms with E-state index in [0.717, 1.165) is 0 Å². The molecule has 0 unspecified atom stereocenters. The second kappa shape index (κ2) is 8.28. The Morgan fingerprint density at radius 3 is 1.32 bits per heavy atom. The number of carbonyl (C=O) groups is 2. The Labute approximate surface area is 161 Å². The highest BCUT2D eigenvalue weighted by molar-refractivity contribution is 5.98. The first-order valence-corrected chi connectivity index (χ1v) is 8.88. The number of phenolic OH excluding ortho intramolecular Hbond substituents is 4. The molecule has 8 heteroatoms. The number of ketones is 2. The number of Topliss-reactive ketones (excluding diaryl/α,β-unsaturated/α-hetero) is 2. The van der Waals surface area contributed by atoms with Gasteiger partial charge in [-0.2, -0.15) is 0 Å². The van der Waals surface area contributed by atoms with E-state index in [-0.39, 0.29) is 47.7 Å². The van der Waals surface area contributed by atoms with E-state index in [1.807, 2.05) is 9.80 Å². The molecule has 0 amide bonds. The number of carbonyl (C=O) groups excluding carboxylic acids is 2. The lowest BCUT2D eigenvalue weighted by Gasteiger charge is -2.33. The molecule has 8 nitrogen and oxygen atoms in total. The highest BCUT2D eigenvalue weighted by Crippen LogP contribution is 2.26. The van der Waals surface area contributed by atoms with Crippen molar-refractivity contribution < 1.29 is 30.0 Å². The molecule has 0 aliphatic carbocycles. The fraction of sp³-hybridized carbons (Fsp3) is 0.300. The van der Waals surface area contributed by atoms with Gasteiger partial charge in [0.1, 0.15) is 0 Å². The molecule has 0 spiro atoms. The molecule has 0 bridgehead atoms. The monoisotopic (exact) mass is 386 g/mol. The molecule has 1 heterocycles. The molecule has 0 aromatic heterocycles. The van der Waals surface area contributed by atoms with Gasteiger partial charge in [0.25, 0.3) is 0 Å². The molecule has 1 fully saturated rings. The van der Waals surface area contributed by atoms with Crippen molar-refractivity contribution in [1.82, 2.24) is 9.80 Å². The van der Waals surface area contributed by atoms with E-state index in [0.29, 0.717) is 37.3 Å². The van der Waals surface area contributed by atoms with Gasteiger partial charge in [0, 0.05) is 37.3 Å². The van der Waals surface area contributed by atoms with Gasteiger partial charge >= 0.3 is 0 Å². The first kappa shape index (κ1) is 19.7. The number of hydrogen-bond acceptors (Lipinski definition) is 8. The van der Waals surface area contributed by atoms with Gasteiger partial charge in [-0.05, 0) is 36.4 Å². The third-order valence-electron chi connectivity index (χ3n) is 4.79. The molecule has 0 atom stereocenters. The SMILES string of the molecule is O=C(CN1CCN(CC(=O)c2ccc(O)c(O)c2)CC1)c1ccc(O)c(O)c1. The van der Waals surface area contributed by atoms with Crippen LogP contribution in [-0.4, -0.2) is 81.1 Å². The molecule has 0 saturated carbocycles. The van der Waals surface area contributed by atoms with Gasteiger partial charge in [-0.1, -0.05) is 0 Å². The van der Waals surface area contributed by atoms with Crippen LogP contribution in [0.3, 0.4) is 0 Å². The van der Waals surface area contributed by atoms with E-state index in [9.17, 15) is 30.0 Å². The van der Waals surface area contributed by atoms with Crippen molar-refractivity contribution in [3.8, 4) is 23.0 Å². The summed E-state index contributed by atoms with van der Waals surface area (Å²) >= 11 is 0.